The molecule has 2 aromatic carbocycles. The molecule has 0 spiro atoms. The molecule has 2 amide bonds. The minimum atomic E-state index is -1.49. The first-order chi connectivity index (χ1) is 16.9. The van der Waals surface area contributed by atoms with E-state index in [9.17, 15) is 24.3 Å². The zero-order valence-electron chi connectivity index (χ0n) is 18.6. The molecular formula is C24H22N4O7. The van der Waals surface area contributed by atoms with Gasteiger partial charge in [0.05, 0.1) is 13.5 Å². The van der Waals surface area contributed by atoms with E-state index in [-0.39, 0.29) is 24.0 Å². The van der Waals surface area contributed by atoms with Gasteiger partial charge in [-0.3, -0.25) is 20.0 Å². The Balaban J connectivity index is 1.35. The van der Waals surface area contributed by atoms with Gasteiger partial charge in [-0.05, 0) is 22.3 Å². The van der Waals surface area contributed by atoms with Crippen molar-refractivity contribution in [2.45, 2.75) is 18.4 Å². The van der Waals surface area contributed by atoms with Crippen molar-refractivity contribution in [2.24, 2.45) is 0 Å². The molecule has 1 aliphatic carbocycles. The Labute approximate surface area is 199 Å². The van der Waals surface area contributed by atoms with Crippen molar-refractivity contribution in [3.8, 4) is 11.1 Å². The van der Waals surface area contributed by atoms with Crippen LogP contribution >= 0.6 is 0 Å². The highest BCUT2D eigenvalue weighted by Crippen LogP contribution is 2.44. The number of nitrogens with one attached hydrogen (secondary N) is 3. The zero-order valence-corrected chi connectivity index (χ0v) is 18.6. The summed E-state index contributed by atoms with van der Waals surface area (Å²) in [4.78, 5) is 47.3. The molecule has 11 nitrogen and oxygen atoms in total. The van der Waals surface area contributed by atoms with Crippen molar-refractivity contribution in [3.63, 3.8) is 0 Å². The van der Waals surface area contributed by atoms with E-state index in [4.69, 9.17) is 4.74 Å². The summed E-state index contributed by atoms with van der Waals surface area (Å²) in [5, 5.41) is 20.0. The number of carbonyl (C=O) groups is 4. The zero-order chi connectivity index (χ0) is 24.9. The van der Waals surface area contributed by atoms with Crippen LogP contribution in [0.3, 0.4) is 0 Å². The molecule has 0 fully saturated rings. The topological polar surface area (TPSA) is 160 Å². The SMILES string of the molecule is COC(=O)C[C@@H](NC(=O)c1cc(NC(=O)OCC2c3ccccc3-c3ccccc32)n[nH]1)C(=O)O. The molecule has 0 saturated heterocycles. The highest BCUT2D eigenvalue weighted by Gasteiger charge is 2.29. The molecule has 11 heteroatoms. The monoisotopic (exact) mass is 478 g/mol. The number of anilines is 1. The molecule has 3 aromatic rings. The lowest BCUT2D eigenvalue weighted by Crippen LogP contribution is -2.42. The Bertz CT molecular complexity index is 1240. The van der Waals surface area contributed by atoms with Crippen molar-refractivity contribution in [2.75, 3.05) is 19.0 Å². The number of carbonyl (C=O) groups excluding carboxylic acids is 3. The fourth-order valence-electron chi connectivity index (χ4n) is 3.93. The molecule has 0 aliphatic heterocycles. The number of amides is 2. The molecule has 0 bridgehead atoms. The maximum Gasteiger partial charge on any atom is 0.412 e. The van der Waals surface area contributed by atoms with Gasteiger partial charge in [-0.2, -0.15) is 5.10 Å². The Morgan fingerprint density at radius 3 is 2.29 bits per heavy atom. The van der Waals surface area contributed by atoms with E-state index in [0.29, 0.717) is 0 Å². The smallest absolute Gasteiger partial charge is 0.412 e. The van der Waals surface area contributed by atoms with Crippen molar-refractivity contribution >= 4 is 29.8 Å². The minimum Gasteiger partial charge on any atom is -0.480 e. The number of methoxy groups -OCH3 is 1. The first-order valence-electron chi connectivity index (χ1n) is 10.6. The predicted molar refractivity (Wildman–Crippen MR) is 123 cm³/mol. The molecule has 1 atom stereocenters. The molecule has 180 valence electrons. The van der Waals surface area contributed by atoms with Crippen LogP contribution in [0.15, 0.2) is 54.6 Å². The van der Waals surface area contributed by atoms with E-state index in [1.807, 2.05) is 48.5 Å². The third-order valence-corrected chi connectivity index (χ3v) is 5.60. The summed E-state index contributed by atoms with van der Waals surface area (Å²) >= 11 is 0. The highest BCUT2D eigenvalue weighted by atomic mass is 16.5. The third kappa shape index (κ3) is 5.13. The number of aromatic nitrogens is 2. The van der Waals surface area contributed by atoms with Crippen molar-refractivity contribution in [3.05, 3.63) is 71.4 Å². The van der Waals surface area contributed by atoms with Crippen LogP contribution in [0.25, 0.3) is 11.1 Å². The molecule has 35 heavy (non-hydrogen) atoms. The van der Waals surface area contributed by atoms with Crippen molar-refractivity contribution in [1.29, 1.82) is 0 Å². The van der Waals surface area contributed by atoms with Gasteiger partial charge in [-0.25, -0.2) is 9.59 Å². The number of fused-ring (bicyclic) bond motifs is 3. The number of rotatable bonds is 8. The second-order valence-electron chi connectivity index (χ2n) is 7.76. The Kier molecular flexibility index (Phi) is 6.76. The van der Waals surface area contributed by atoms with Crippen LogP contribution in [0, 0.1) is 0 Å². The van der Waals surface area contributed by atoms with Crippen LogP contribution in [0.4, 0.5) is 10.6 Å². The summed E-state index contributed by atoms with van der Waals surface area (Å²) < 4.78 is 9.86. The maximum atomic E-state index is 12.4. The lowest BCUT2D eigenvalue weighted by molar-refractivity contribution is -0.147. The van der Waals surface area contributed by atoms with Gasteiger partial charge in [0, 0.05) is 12.0 Å². The second-order valence-corrected chi connectivity index (χ2v) is 7.76. The number of benzene rings is 2. The van der Waals surface area contributed by atoms with Crippen molar-refractivity contribution in [1.82, 2.24) is 15.5 Å². The highest BCUT2D eigenvalue weighted by molar-refractivity contribution is 5.97. The van der Waals surface area contributed by atoms with E-state index < -0.39 is 36.4 Å². The van der Waals surface area contributed by atoms with Gasteiger partial charge in [-0.1, -0.05) is 48.5 Å². The van der Waals surface area contributed by atoms with Crippen LogP contribution in [0.2, 0.25) is 0 Å². The quantitative estimate of drug-likeness (QED) is 0.359. The number of aromatic amines is 1. The number of aliphatic carboxylic acids is 1. The van der Waals surface area contributed by atoms with E-state index in [0.717, 1.165) is 29.4 Å². The van der Waals surface area contributed by atoms with Crippen LogP contribution in [-0.4, -0.2) is 59.0 Å². The molecule has 0 saturated carbocycles. The number of ether oxygens (including phenoxy) is 2. The number of hydrogen-bond acceptors (Lipinski definition) is 7. The Hall–Kier alpha value is -4.67. The summed E-state index contributed by atoms with van der Waals surface area (Å²) in [6.07, 6.45) is -1.31. The number of nitrogens with zero attached hydrogens (tertiary/aromatic N) is 1. The second kappa shape index (κ2) is 10.1. The fourth-order valence-corrected chi connectivity index (χ4v) is 3.93. The number of esters is 1. The number of H-pyrrole nitrogens is 1. The first-order valence-corrected chi connectivity index (χ1v) is 10.6. The summed E-state index contributed by atoms with van der Waals surface area (Å²) in [5.41, 5.74) is 4.23. The molecule has 0 unspecified atom stereocenters. The van der Waals surface area contributed by atoms with Gasteiger partial charge in [0.15, 0.2) is 5.82 Å². The van der Waals surface area contributed by atoms with E-state index in [1.165, 1.54) is 6.07 Å². The maximum absolute atomic E-state index is 12.4. The van der Waals surface area contributed by atoms with Crippen molar-refractivity contribution < 1.29 is 33.8 Å². The summed E-state index contributed by atoms with van der Waals surface area (Å²) in [7, 11) is 1.11. The molecule has 4 N–H and O–H groups in total. The van der Waals surface area contributed by atoms with E-state index in [1.54, 1.807) is 0 Å². The van der Waals surface area contributed by atoms with E-state index >= 15 is 0 Å². The summed E-state index contributed by atoms with van der Waals surface area (Å²) in [6.45, 7) is 0.103. The van der Waals surface area contributed by atoms with Crippen LogP contribution in [-0.2, 0) is 19.1 Å². The normalized spacial score (nSPS) is 12.7. The number of carboxylic acids is 1. The van der Waals surface area contributed by atoms with Gasteiger partial charge >= 0.3 is 18.0 Å². The molecular weight excluding hydrogens is 456 g/mol. The summed E-state index contributed by atoms with van der Waals surface area (Å²) in [6, 6.07) is 15.6. The van der Waals surface area contributed by atoms with Crippen LogP contribution < -0.4 is 10.6 Å². The Morgan fingerprint density at radius 1 is 1.06 bits per heavy atom. The average molecular weight is 478 g/mol. The number of hydrogen-bond donors (Lipinski definition) is 4. The van der Waals surface area contributed by atoms with Crippen LogP contribution in [0.1, 0.15) is 34.0 Å². The summed E-state index contributed by atoms with van der Waals surface area (Å²) in [5.74, 6) is -3.13. The third-order valence-electron chi connectivity index (χ3n) is 5.60. The van der Waals surface area contributed by atoms with Gasteiger partial charge in [0.2, 0.25) is 0 Å². The molecule has 1 aromatic heterocycles. The molecule has 1 aliphatic rings. The van der Waals surface area contributed by atoms with Gasteiger partial charge in [0.25, 0.3) is 5.91 Å². The average Bonchev–Trinajstić information content (AvgIpc) is 3.45. The van der Waals surface area contributed by atoms with Gasteiger partial charge < -0.3 is 19.9 Å². The minimum absolute atomic E-state index is 0.00668. The number of carboxylic acid groups (broad SMARTS) is 1. The van der Waals surface area contributed by atoms with Gasteiger partial charge in [-0.15, -0.1) is 0 Å². The predicted octanol–water partition coefficient (Wildman–Crippen LogP) is 2.52. The lowest BCUT2D eigenvalue weighted by Gasteiger charge is -2.14. The molecule has 1 heterocycles. The largest absolute Gasteiger partial charge is 0.480 e. The Morgan fingerprint density at radius 2 is 1.69 bits per heavy atom. The van der Waals surface area contributed by atoms with Gasteiger partial charge in [0.1, 0.15) is 18.3 Å². The molecule has 4 rings (SSSR count). The lowest BCUT2D eigenvalue weighted by atomic mass is 9.98. The van der Waals surface area contributed by atoms with E-state index in [2.05, 4.69) is 25.6 Å². The fraction of sp³-hybridized carbons (Fsp3) is 0.208. The molecule has 0 radical (unpaired) electrons. The first kappa shape index (κ1) is 23.5. The standard InChI is InChI=1S/C24H22N4O7/c1-34-21(29)11-19(23(31)32)25-22(30)18-10-20(28-27-18)26-24(33)35-12-17-15-8-4-2-6-13(15)14-7-3-5-9-16(14)17/h2-10,17,19H,11-12H2,1H3,(H,25,30)(H,31,32)(H2,26,27,28,33)/t19-/m1/s1. The van der Waals surface area contributed by atoms with Crippen LogP contribution in [0.5, 0.6) is 0 Å².